The van der Waals surface area contributed by atoms with Gasteiger partial charge in [-0.3, -0.25) is 4.79 Å². The summed E-state index contributed by atoms with van der Waals surface area (Å²) in [6, 6.07) is 14.8. The SMILES string of the molecule is CC(C)(C)c1ccc(OCCCC(=O)NC(C#N)c2ccccc2F)cc1. The summed E-state index contributed by atoms with van der Waals surface area (Å²) in [7, 11) is 0. The molecule has 0 aliphatic carbocycles. The van der Waals surface area contributed by atoms with Crippen LogP contribution in [0.15, 0.2) is 48.5 Å². The summed E-state index contributed by atoms with van der Waals surface area (Å²) in [5, 5.41) is 11.7. The number of carbonyl (C=O) groups excluding carboxylic acids is 1. The molecule has 0 saturated carbocycles. The van der Waals surface area contributed by atoms with Gasteiger partial charge in [0.2, 0.25) is 5.91 Å². The third-order valence-corrected chi connectivity index (χ3v) is 4.19. The van der Waals surface area contributed by atoms with E-state index < -0.39 is 11.9 Å². The largest absolute Gasteiger partial charge is 0.494 e. The van der Waals surface area contributed by atoms with Gasteiger partial charge in [-0.1, -0.05) is 51.1 Å². The molecule has 0 radical (unpaired) electrons. The van der Waals surface area contributed by atoms with E-state index in [1.54, 1.807) is 12.1 Å². The number of nitrogens with one attached hydrogen (secondary N) is 1. The number of hydrogen-bond donors (Lipinski definition) is 1. The topological polar surface area (TPSA) is 62.1 Å². The molecule has 0 heterocycles. The molecule has 2 rings (SSSR count). The fraction of sp³-hybridized carbons (Fsp3) is 0.364. The zero-order valence-corrected chi connectivity index (χ0v) is 16.0. The first-order valence-electron chi connectivity index (χ1n) is 8.98. The van der Waals surface area contributed by atoms with E-state index in [-0.39, 0.29) is 23.3 Å². The number of benzene rings is 2. The first-order valence-corrected chi connectivity index (χ1v) is 8.98. The minimum atomic E-state index is -0.996. The normalized spacial score (nSPS) is 12.1. The summed E-state index contributed by atoms with van der Waals surface area (Å²) < 4.78 is 19.4. The maximum atomic E-state index is 13.8. The predicted molar refractivity (Wildman–Crippen MR) is 103 cm³/mol. The number of hydrogen-bond acceptors (Lipinski definition) is 3. The molecule has 0 bridgehead atoms. The van der Waals surface area contributed by atoms with E-state index in [0.29, 0.717) is 13.0 Å². The van der Waals surface area contributed by atoms with Crippen LogP contribution in [-0.4, -0.2) is 12.5 Å². The molecule has 0 aliphatic heterocycles. The number of nitriles is 1. The second kappa shape index (κ2) is 9.18. The van der Waals surface area contributed by atoms with Crippen molar-refractivity contribution in [2.24, 2.45) is 0 Å². The second-order valence-corrected chi connectivity index (χ2v) is 7.38. The zero-order valence-electron chi connectivity index (χ0n) is 16.0. The van der Waals surface area contributed by atoms with Gasteiger partial charge < -0.3 is 10.1 Å². The van der Waals surface area contributed by atoms with Gasteiger partial charge in [0.1, 0.15) is 17.6 Å². The van der Waals surface area contributed by atoms with Crippen LogP contribution in [0.4, 0.5) is 4.39 Å². The predicted octanol–water partition coefficient (Wildman–Crippen LogP) is 4.66. The Morgan fingerprint density at radius 3 is 2.44 bits per heavy atom. The summed E-state index contributed by atoms with van der Waals surface area (Å²) in [6.07, 6.45) is 0.703. The first kappa shape index (κ1) is 20.4. The van der Waals surface area contributed by atoms with Crippen molar-refractivity contribution in [1.29, 1.82) is 5.26 Å². The van der Waals surface area contributed by atoms with Gasteiger partial charge in [-0.25, -0.2) is 4.39 Å². The van der Waals surface area contributed by atoms with E-state index in [9.17, 15) is 14.4 Å². The first-order chi connectivity index (χ1) is 12.8. The molecule has 5 heteroatoms. The molecule has 4 nitrogen and oxygen atoms in total. The van der Waals surface area contributed by atoms with E-state index in [4.69, 9.17) is 4.74 Å². The van der Waals surface area contributed by atoms with Crippen LogP contribution in [0.5, 0.6) is 5.75 Å². The van der Waals surface area contributed by atoms with Crippen LogP contribution < -0.4 is 10.1 Å². The van der Waals surface area contributed by atoms with Crippen molar-refractivity contribution in [3.8, 4) is 11.8 Å². The lowest BCUT2D eigenvalue weighted by atomic mass is 9.87. The second-order valence-electron chi connectivity index (χ2n) is 7.38. The molecule has 2 aromatic rings. The third-order valence-electron chi connectivity index (χ3n) is 4.19. The number of nitrogens with zero attached hydrogens (tertiary/aromatic N) is 1. The van der Waals surface area contributed by atoms with E-state index in [1.165, 1.54) is 17.7 Å². The summed E-state index contributed by atoms with van der Waals surface area (Å²) in [5.74, 6) is -0.0625. The zero-order chi connectivity index (χ0) is 19.9. The highest BCUT2D eigenvalue weighted by Crippen LogP contribution is 2.24. The van der Waals surface area contributed by atoms with Gasteiger partial charge in [-0.05, 0) is 35.6 Å². The molecule has 27 heavy (non-hydrogen) atoms. The Bertz CT molecular complexity index is 804. The molecular formula is C22H25FN2O2. The van der Waals surface area contributed by atoms with E-state index >= 15 is 0 Å². The number of halogens is 1. The molecule has 142 valence electrons. The summed E-state index contributed by atoms with van der Waals surface area (Å²) in [5.41, 5.74) is 1.49. The molecule has 1 atom stereocenters. The van der Waals surface area contributed by atoms with Gasteiger partial charge in [0.25, 0.3) is 0 Å². The van der Waals surface area contributed by atoms with E-state index in [1.807, 2.05) is 30.3 Å². The fourth-order valence-corrected chi connectivity index (χ4v) is 2.60. The molecule has 0 aliphatic rings. The lowest BCUT2D eigenvalue weighted by molar-refractivity contribution is -0.121. The Balaban J connectivity index is 1.77. The Labute approximate surface area is 160 Å². The number of rotatable bonds is 7. The highest BCUT2D eigenvalue weighted by Gasteiger charge is 2.17. The lowest BCUT2D eigenvalue weighted by Gasteiger charge is -2.19. The quantitative estimate of drug-likeness (QED) is 0.723. The van der Waals surface area contributed by atoms with Crippen molar-refractivity contribution >= 4 is 5.91 Å². The molecule has 0 fully saturated rings. The molecule has 1 amide bonds. The molecule has 0 saturated heterocycles. The van der Waals surface area contributed by atoms with E-state index in [2.05, 4.69) is 26.1 Å². The number of carbonyl (C=O) groups is 1. The maximum Gasteiger partial charge on any atom is 0.221 e. The van der Waals surface area contributed by atoms with Crippen LogP contribution in [0.1, 0.15) is 50.8 Å². The monoisotopic (exact) mass is 368 g/mol. The molecule has 0 aromatic heterocycles. The molecule has 2 aromatic carbocycles. The van der Waals surface area contributed by atoms with Crippen LogP contribution >= 0.6 is 0 Å². The maximum absolute atomic E-state index is 13.8. The molecular weight excluding hydrogens is 343 g/mol. The fourth-order valence-electron chi connectivity index (χ4n) is 2.60. The minimum absolute atomic E-state index is 0.0894. The van der Waals surface area contributed by atoms with Gasteiger partial charge in [0.05, 0.1) is 12.7 Å². The van der Waals surface area contributed by atoms with Crippen molar-refractivity contribution in [1.82, 2.24) is 5.32 Å². The average molecular weight is 368 g/mol. The molecule has 1 N–H and O–H groups in total. The van der Waals surface area contributed by atoms with Crippen molar-refractivity contribution in [2.45, 2.75) is 45.1 Å². The van der Waals surface area contributed by atoms with Crippen LogP contribution in [0.3, 0.4) is 0 Å². The van der Waals surface area contributed by atoms with Gasteiger partial charge in [0.15, 0.2) is 0 Å². The van der Waals surface area contributed by atoms with Gasteiger partial charge in [-0.2, -0.15) is 5.26 Å². The smallest absolute Gasteiger partial charge is 0.221 e. The van der Waals surface area contributed by atoms with Crippen LogP contribution in [0, 0.1) is 17.1 Å². The molecule has 0 spiro atoms. The van der Waals surface area contributed by atoms with Crippen molar-refractivity contribution in [3.63, 3.8) is 0 Å². The highest BCUT2D eigenvalue weighted by atomic mass is 19.1. The van der Waals surface area contributed by atoms with Crippen molar-refractivity contribution < 1.29 is 13.9 Å². The summed E-state index contributed by atoms with van der Waals surface area (Å²) >= 11 is 0. The minimum Gasteiger partial charge on any atom is -0.494 e. The van der Waals surface area contributed by atoms with Gasteiger partial charge in [-0.15, -0.1) is 0 Å². The Hall–Kier alpha value is -2.87. The van der Waals surface area contributed by atoms with Crippen molar-refractivity contribution in [3.05, 3.63) is 65.5 Å². The Kier molecular flexibility index (Phi) is 6.95. The number of amides is 1. The summed E-state index contributed by atoms with van der Waals surface area (Å²) in [4.78, 5) is 12.0. The van der Waals surface area contributed by atoms with E-state index in [0.717, 1.165) is 5.75 Å². The Morgan fingerprint density at radius 2 is 1.85 bits per heavy atom. The van der Waals surface area contributed by atoms with Crippen LogP contribution in [0.25, 0.3) is 0 Å². The van der Waals surface area contributed by atoms with Crippen LogP contribution in [0.2, 0.25) is 0 Å². The third kappa shape index (κ3) is 6.10. The number of ether oxygens (including phenoxy) is 1. The summed E-state index contributed by atoms with van der Waals surface area (Å²) in [6.45, 7) is 6.84. The average Bonchev–Trinajstić information content (AvgIpc) is 2.63. The van der Waals surface area contributed by atoms with Gasteiger partial charge >= 0.3 is 0 Å². The standard InChI is InChI=1S/C22H25FN2O2/c1-22(2,3)16-10-12-17(13-11-16)27-14-6-9-21(26)25-20(15-24)18-7-4-5-8-19(18)23/h4-5,7-8,10-13,20H,6,9,14H2,1-3H3,(H,25,26). The Morgan fingerprint density at radius 1 is 1.19 bits per heavy atom. The lowest BCUT2D eigenvalue weighted by Crippen LogP contribution is -2.28. The molecule has 1 unspecified atom stereocenters. The highest BCUT2D eigenvalue weighted by molar-refractivity contribution is 5.76. The van der Waals surface area contributed by atoms with Crippen LogP contribution in [-0.2, 0) is 10.2 Å². The van der Waals surface area contributed by atoms with Crippen molar-refractivity contribution in [2.75, 3.05) is 6.61 Å². The van der Waals surface area contributed by atoms with Gasteiger partial charge in [0, 0.05) is 12.0 Å².